The number of aromatic nitrogens is 1. The van der Waals surface area contributed by atoms with Crippen molar-refractivity contribution in [1.29, 1.82) is 0 Å². The van der Waals surface area contributed by atoms with Crippen LogP contribution in [0.25, 0.3) is 10.2 Å². The maximum Gasteiger partial charge on any atom is 0.257 e. The molecule has 0 N–H and O–H groups in total. The van der Waals surface area contributed by atoms with Crippen LogP contribution in [0.3, 0.4) is 0 Å². The van der Waals surface area contributed by atoms with E-state index in [-0.39, 0.29) is 35.9 Å². The Bertz CT molecular complexity index is 1320. The minimum absolute atomic E-state index is 0.000881. The lowest BCUT2D eigenvalue weighted by atomic mass is 9.92. The molecule has 1 atom stereocenters. The smallest absolute Gasteiger partial charge is 0.257 e. The number of imide groups is 1. The Morgan fingerprint density at radius 2 is 1.84 bits per heavy atom. The van der Waals surface area contributed by atoms with E-state index in [0.717, 1.165) is 52.4 Å². The Morgan fingerprint density at radius 1 is 1.11 bits per heavy atom. The molecule has 0 radical (unpaired) electrons. The van der Waals surface area contributed by atoms with Crippen LogP contribution in [0.5, 0.6) is 11.5 Å². The van der Waals surface area contributed by atoms with E-state index < -0.39 is 6.04 Å². The molecule has 1 saturated heterocycles. The van der Waals surface area contributed by atoms with Gasteiger partial charge in [0.05, 0.1) is 41.8 Å². The minimum atomic E-state index is -0.787. The number of ether oxygens (including phenoxy) is 2. The Hall–Kier alpha value is -3.11. The molecule has 2 aromatic carbocycles. The standard InChI is InChI=1S/C28H31N3O5S2/c1-3-36-21-13-14-22-24(15-21)38-28(29-22)37-17-26(33)30(18-7-5-4-6-8-18)23-16-25(32)31(27(23)34)19-9-11-20(35-2)12-10-19/h9-15,18,23H,3-8,16-17H2,1-2H3. The van der Waals surface area contributed by atoms with Gasteiger partial charge < -0.3 is 14.4 Å². The topological polar surface area (TPSA) is 89.0 Å². The molecule has 38 heavy (non-hydrogen) atoms. The molecular weight excluding hydrogens is 522 g/mol. The third kappa shape index (κ3) is 5.51. The van der Waals surface area contributed by atoms with Crippen molar-refractivity contribution < 1.29 is 23.9 Å². The van der Waals surface area contributed by atoms with Crippen LogP contribution in [0.15, 0.2) is 46.8 Å². The molecule has 5 rings (SSSR count). The summed E-state index contributed by atoms with van der Waals surface area (Å²) in [7, 11) is 1.56. The zero-order valence-corrected chi connectivity index (χ0v) is 23.2. The number of thioether (sulfide) groups is 1. The first-order valence-electron chi connectivity index (χ1n) is 13.0. The molecule has 1 aliphatic heterocycles. The summed E-state index contributed by atoms with van der Waals surface area (Å²) in [6, 6.07) is 11.8. The molecule has 2 fully saturated rings. The number of benzene rings is 2. The molecule has 2 heterocycles. The van der Waals surface area contributed by atoms with Crippen molar-refractivity contribution in [1.82, 2.24) is 9.88 Å². The van der Waals surface area contributed by atoms with E-state index in [1.807, 2.05) is 25.1 Å². The van der Waals surface area contributed by atoms with Gasteiger partial charge in [-0.1, -0.05) is 31.0 Å². The molecule has 1 aliphatic carbocycles. The molecule has 10 heteroatoms. The van der Waals surface area contributed by atoms with Crippen molar-refractivity contribution in [2.24, 2.45) is 0 Å². The van der Waals surface area contributed by atoms with Crippen molar-refractivity contribution >= 4 is 56.7 Å². The second-order valence-electron chi connectivity index (χ2n) is 9.41. The number of hydrogen-bond acceptors (Lipinski definition) is 8. The third-order valence-electron chi connectivity index (χ3n) is 7.02. The summed E-state index contributed by atoms with van der Waals surface area (Å²) in [5, 5.41) is 0. The van der Waals surface area contributed by atoms with Crippen molar-refractivity contribution in [3.63, 3.8) is 0 Å². The first-order chi connectivity index (χ1) is 18.5. The summed E-state index contributed by atoms with van der Waals surface area (Å²) in [4.78, 5) is 47.9. The number of thiazole rings is 1. The highest BCUT2D eigenvalue weighted by Crippen LogP contribution is 2.35. The van der Waals surface area contributed by atoms with Crippen LogP contribution in [0.2, 0.25) is 0 Å². The zero-order valence-electron chi connectivity index (χ0n) is 21.6. The van der Waals surface area contributed by atoms with Gasteiger partial charge in [-0.2, -0.15) is 0 Å². The van der Waals surface area contributed by atoms with Gasteiger partial charge in [-0.25, -0.2) is 9.88 Å². The predicted molar refractivity (Wildman–Crippen MR) is 149 cm³/mol. The monoisotopic (exact) mass is 553 g/mol. The molecule has 2 aliphatic rings. The summed E-state index contributed by atoms with van der Waals surface area (Å²) in [6.45, 7) is 2.54. The van der Waals surface area contributed by atoms with Gasteiger partial charge in [-0.15, -0.1) is 11.3 Å². The lowest BCUT2D eigenvalue weighted by Gasteiger charge is -2.37. The Balaban J connectivity index is 1.34. The van der Waals surface area contributed by atoms with E-state index in [2.05, 4.69) is 4.98 Å². The fourth-order valence-electron chi connectivity index (χ4n) is 5.23. The molecule has 0 bridgehead atoms. The van der Waals surface area contributed by atoms with Crippen LogP contribution < -0.4 is 14.4 Å². The first-order valence-corrected chi connectivity index (χ1v) is 14.8. The van der Waals surface area contributed by atoms with Gasteiger partial charge in [0, 0.05) is 6.04 Å². The second-order valence-corrected chi connectivity index (χ2v) is 11.7. The van der Waals surface area contributed by atoms with Gasteiger partial charge in [0.2, 0.25) is 11.8 Å². The zero-order chi connectivity index (χ0) is 26.6. The summed E-state index contributed by atoms with van der Waals surface area (Å²) in [5.74, 6) is 0.846. The van der Waals surface area contributed by atoms with Gasteiger partial charge >= 0.3 is 0 Å². The van der Waals surface area contributed by atoms with Crippen molar-refractivity contribution in [3.05, 3.63) is 42.5 Å². The highest BCUT2D eigenvalue weighted by atomic mass is 32.2. The fourth-order valence-corrected chi connectivity index (χ4v) is 7.19. The first kappa shape index (κ1) is 26.5. The highest BCUT2D eigenvalue weighted by Gasteiger charge is 2.46. The van der Waals surface area contributed by atoms with E-state index in [4.69, 9.17) is 9.47 Å². The predicted octanol–water partition coefficient (Wildman–Crippen LogP) is 5.29. The molecular formula is C28H31N3O5S2. The van der Waals surface area contributed by atoms with E-state index in [0.29, 0.717) is 18.0 Å². The lowest BCUT2D eigenvalue weighted by Crippen LogP contribution is -2.52. The molecule has 1 saturated carbocycles. The fraction of sp³-hybridized carbons (Fsp3) is 0.429. The average Bonchev–Trinajstić information content (AvgIpc) is 3.47. The van der Waals surface area contributed by atoms with Crippen molar-refractivity contribution in [3.8, 4) is 11.5 Å². The van der Waals surface area contributed by atoms with Crippen LogP contribution in [0, 0.1) is 0 Å². The molecule has 1 unspecified atom stereocenters. The van der Waals surface area contributed by atoms with Crippen LogP contribution in [0.4, 0.5) is 5.69 Å². The molecule has 200 valence electrons. The Labute approximate surface area is 230 Å². The van der Waals surface area contributed by atoms with Crippen LogP contribution in [-0.4, -0.2) is 59.2 Å². The van der Waals surface area contributed by atoms with Gasteiger partial charge in [-0.3, -0.25) is 14.4 Å². The normalized spacial score (nSPS) is 18.3. The van der Waals surface area contributed by atoms with E-state index >= 15 is 0 Å². The highest BCUT2D eigenvalue weighted by molar-refractivity contribution is 8.01. The summed E-state index contributed by atoms with van der Waals surface area (Å²) >= 11 is 2.90. The molecule has 1 aromatic heterocycles. The number of amides is 3. The number of anilines is 1. The number of hydrogen-bond donors (Lipinski definition) is 0. The number of nitrogens with zero attached hydrogens (tertiary/aromatic N) is 3. The SMILES string of the molecule is CCOc1ccc2nc(SCC(=O)N(C3CCCCC3)C3CC(=O)N(c4ccc(OC)cc4)C3=O)sc2c1. The van der Waals surface area contributed by atoms with Gasteiger partial charge in [0.15, 0.2) is 4.34 Å². The Kier molecular flexibility index (Phi) is 8.18. The van der Waals surface area contributed by atoms with Crippen LogP contribution >= 0.6 is 23.1 Å². The third-order valence-corrected chi connectivity index (χ3v) is 9.16. The van der Waals surface area contributed by atoms with Crippen LogP contribution in [0.1, 0.15) is 45.4 Å². The lowest BCUT2D eigenvalue weighted by molar-refractivity contribution is -0.139. The van der Waals surface area contributed by atoms with E-state index in [9.17, 15) is 14.4 Å². The minimum Gasteiger partial charge on any atom is -0.497 e. The largest absolute Gasteiger partial charge is 0.497 e. The summed E-state index contributed by atoms with van der Waals surface area (Å²) < 4.78 is 12.6. The van der Waals surface area contributed by atoms with Gasteiger partial charge in [-0.05, 0) is 62.2 Å². The number of fused-ring (bicyclic) bond motifs is 1. The van der Waals surface area contributed by atoms with Crippen LogP contribution in [-0.2, 0) is 14.4 Å². The second kappa shape index (κ2) is 11.7. The number of rotatable bonds is 9. The average molecular weight is 554 g/mol. The number of carbonyl (C=O) groups is 3. The van der Waals surface area contributed by atoms with E-state index in [1.165, 1.54) is 28.0 Å². The maximum atomic E-state index is 13.7. The maximum absolute atomic E-state index is 13.7. The van der Waals surface area contributed by atoms with E-state index in [1.54, 1.807) is 36.3 Å². The quantitative estimate of drug-likeness (QED) is 0.263. The number of methoxy groups -OCH3 is 1. The molecule has 0 spiro atoms. The number of carbonyl (C=O) groups excluding carboxylic acids is 3. The van der Waals surface area contributed by atoms with Gasteiger partial charge in [0.1, 0.15) is 17.5 Å². The summed E-state index contributed by atoms with van der Waals surface area (Å²) in [6.07, 6.45) is 4.84. The summed E-state index contributed by atoms with van der Waals surface area (Å²) in [5.41, 5.74) is 1.36. The molecule has 8 nitrogen and oxygen atoms in total. The van der Waals surface area contributed by atoms with Crippen molar-refractivity contribution in [2.75, 3.05) is 24.4 Å². The Morgan fingerprint density at radius 3 is 2.55 bits per heavy atom. The van der Waals surface area contributed by atoms with Gasteiger partial charge in [0.25, 0.3) is 5.91 Å². The molecule has 3 amide bonds. The molecule has 3 aromatic rings. The van der Waals surface area contributed by atoms with Crippen molar-refractivity contribution in [2.45, 2.75) is 61.9 Å².